The average Bonchev–Trinajstić information content (AvgIpc) is 2.85. The van der Waals surface area contributed by atoms with Gasteiger partial charge in [0.25, 0.3) is 0 Å². The van der Waals surface area contributed by atoms with Gasteiger partial charge < -0.3 is 15.0 Å². The van der Waals surface area contributed by atoms with Gasteiger partial charge in [-0.25, -0.2) is 4.98 Å². The molecule has 0 spiro atoms. The lowest BCUT2D eigenvalue weighted by molar-refractivity contribution is -0.146. The summed E-state index contributed by atoms with van der Waals surface area (Å²) >= 11 is 1.61. The molecule has 0 unspecified atom stereocenters. The van der Waals surface area contributed by atoms with Gasteiger partial charge in [-0.2, -0.15) is 0 Å². The number of thiazole rings is 1. The van der Waals surface area contributed by atoms with Crippen molar-refractivity contribution in [2.24, 2.45) is 5.41 Å². The van der Waals surface area contributed by atoms with Gasteiger partial charge in [0.15, 0.2) is 0 Å². The summed E-state index contributed by atoms with van der Waals surface area (Å²) in [5.41, 5.74) is 2.48. The molecule has 1 aromatic heterocycles. The van der Waals surface area contributed by atoms with Gasteiger partial charge in [0.2, 0.25) is 5.91 Å². The number of aromatic nitrogens is 1. The van der Waals surface area contributed by atoms with E-state index in [1.165, 1.54) is 0 Å². The monoisotopic (exact) mass is 369 g/mol. The largest absolute Gasteiger partial charge is 0.384 e. The van der Waals surface area contributed by atoms with Crippen molar-refractivity contribution in [2.45, 2.75) is 26.3 Å². The quantitative estimate of drug-likeness (QED) is 0.864. The molecule has 0 aromatic carbocycles. The topological polar surface area (TPSA) is 54.5 Å². The van der Waals surface area contributed by atoms with E-state index in [0.29, 0.717) is 13.2 Å². The fourth-order valence-corrected chi connectivity index (χ4v) is 3.60. The number of hydrogen-bond acceptors (Lipinski definition) is 5. The van der Waals surface area contributed by atoms with E-state index in [2.05, 4.69) is 10.3 Å². The summed E-state index contributed by atoms with van der Waals surface area (Å²) in [5.74, 6) is 0.189. The third-order valence-corrected chi connectivity index (χ3v) is 4.93. The maximum Gasteiger partial charge on any atom is 0.231 e. The normalized spacial score (nSPS) is 16.3. The Morgan fingerprint density at radius 2 is 2.09 bits per heavy atom. The van der Waals surface area contributed by atoms with Crippen molar-refractivity contribution in [3.63, 3.8) is 0 Å². The summed E-state index contributed by atoms with van der Waals surface area (Å²) in [4.78, 5) is 20.1. The van der Waals surface area contributed by atoms with Crippen molar-refractivity contribution >= 4 is 42.1 Å². The van der Waals surface area contributed by atoms with Crippen LogP contribution in [0.25, 0.3) is 0 Å². The molecule has 2 heterocycles. The number of carbonyl (C=O) groups is 1. The van der Waals surface area contributed by atoms with Crippen LogP contribution in [0, 0.1) is 12.3 Å². The first-order valence-corrected chi connectivity index (χ1v) is 7.81. The predicted molar refractivity (Wildman–Crippen MR) is 94.2 cm³/mol. The number of aryl methyl sites for hydroxylation is 1. The molecule has 2 rings (SSSR count). The first kappa shape index (κ1) is 21.6. The number of nitrogens with one attached hydrogen (secondary N) is 1. The van der Waals surface area contributed by atoms with E-state index < -0.39 is 0 Å². The number of methoxy groups -OCH3 is 1. The molecule has 1 amide bonds. The number of halogens is 2. The minimum atomic E-state index is -0.368. The van der Waals surface area contributed by atoms with Crippen LogP contribution in [0.2, 0.25) is 0 Å². The summed E-state index contributed by atoms with van der Waals surface area (Å²) in [6.45, 7) is 4.87. The molecule has 0 saturated carbocycles. The van der Waals surface area contributed by atoms with Crippen molar-refractivity contribution in [3.05, 3.63) is 16.1 Å². The van der Waals surface area contributed by atoms with E-state index in [9.17, 15) is 4.79 Å². The SMILES string of the molecule is COCC1(C(=O)N(C)Cc2scnc2C)CCNCC1.Cl.Cl. The summed E-state index contributed by atoms with van der Waals surface area (Å²) in [5, 5.41) is 3.31. The summed E-state index contributed by atoms with van der Waals surface area (Å²) < 4.78 is 5.33. The van der Waals surface area contributed by atoms with Crippen molar-refractivity contribution in [1.82, 2.24) is 15.2 Å². The summed E-state index contributed by atoms with van der Waals surface area (Å²) in [7, 11) is 3.55. The van der Waals surface area contributed by atoms with Gasteiger partial charge >= 0.3 is 0 Å². The zero-order valence-corrected chi connectivity index (χ0v) is 15.7. The van der Waals surface area contributed by atoms with E-state index in [4.69, 9.17) is 4.74 Å². The number of ether oxygens (including phenoxy) is 1. The number of amides is 1. The third-order valence-electron chi connectivity index (χ3n) is 4.01. The molecule has 1 fully saturated rings. The molecule has 1 aliphatic rings. The first-order valence-electron chi connectivity index (χ1n) is 6.93. The molecule has 1 N–H and O–H groups in total. The molecule has 1 aromatic rings. The number of nitrogens with zero attached hydrogens (tertiary/aromatic N) is 2. The smallest absolute Gasteiger partial charge is 0.231 e. The second kappa shape index (κ2) is 9.67. The third kappa shape index (κ3) is 4.80. The highest BCUT2D eigenvalue weighted by atomic mass is 35.5. The number of rotatable bonds is 5. The maximum absolute atomic E-state index is 12.8. The molecule has 8 heteroatoms. The molecular weight excluding hydrogens is 345 g/mol. The van der Waals surface area contributed by atoms with Crippen LogP contribution in [0.1, 0.15) is 23.4 Å². The van der Waals surface area contributed by atoms with E-state index >= 15 is 0 Å². The summed E-state index contributed by atoms with van der Waals surface area (Å²) in [6, 6.07) is 0. The molecule has 0 radical (unpaired) electrons. The highest BCUT2D eigenvalue weighted by molar-refractivity contribution is 7.09. The first-order chi connectivity index (χ1) is 9.59. The van der Waals surface area contributed by atoms with E-state index in [1.54, 1.807) is 18.4 Å². The Morgan fingerprint density at radius 3 is 2.59 bits per heavy atom. The molecule has 1 aliphatic heterocycles. The fraction of sp³-hybridized carbons (Fsp3) is 0.714. The molecular formula is C14H25Cl2N3O2S. The maximum atomic E-state index is 12.8. The van der Waals surface area contributed by atoms with Gasteiger partial charge in [0.1, 0.15) is 0 Å². The van der Waals surface area contributed by atoms with Gasteiger partial charge in [-0.15, -0.1) is 36.2 Å². The Hall–Kier alpha value is -0.400. The Morgan fingerprint density at radius 1 is 1.45 bits per heavy atom. The summed E-state index contributed by atoms with van der Waals surface area (Å²) in [6.07, 6.45) is 1.68. The minimum Gasteiger partial charge on any atom is -0.384 e. The zero-order valence-electron chi connectivity index (χ0n) is 13.3. The second-order valence-electron chi connectivity index (χ2n) is 5.49. The molecule has 0 bridgehead atoms. The van der Waals surface area contributed by atoms with Crippen molar-refractivity contribution < 1.29 is 9.53 Å². The van der Waals surface area contributed by atoms with Crippen molar-refractivity contribution in [3.8, 4) is 0 Å². The van der Waals surface area contributed by atoms with Gasteiger partial charge in [-0.3, -0.25) is 4.79 Å². The van der Waals surface area contributed by atoms with Gasteiger partial charge in [-0.1, -0.05) is 0 Å². The van der Waals surface area contributed by atoms with Gasteiger partial charge in [-0.05, 0) is 32.9 Å². The molecule has 128 valence electrons. The fourth-order valence-electron chi connectivity index (χ4n) is 2.77. The molecule has 1 saturated heterocycles. The lowest BCUT2D eigenvalue weighted by Gasteiger charge is -2.38. The van der Waals surface area contributed by atoms with Crippen LogP contribution in [-0.4, -0.2) is 49.6 Å². The van der Waals surface area contributed by atoms with Crippen LogP contribution in [0.5, 0.6) is 0 Å². The van der Waals surface area contributed by atoms with E-state index in [1.807, 2.05) is 24.4 Å². The van der Waals surface area contributed by atoms with E-state index in [-0.39, 0.29) is 36.1 Å². The highest BCUT2D eigenvalue weighted by Gasteiger charge is 2.41. The lowest BCUT2D eigenvalue weighted by Crippen LogP contribution is -2.50. The molecule has 5 nitrogen and oxygen atoms in total. The van der Waals surface area contributed by atoms with Crippen LogP contribution in [0.3, 0.4) is 0 Å². The number of hydrogen-bond donors (Lipinski definition) is 1. The Bertz CT molecular complexity index is 459. The number of piperidine rings is 1. The van der Waals surface area contributed by atoms with Gasteiger partial charge in [0.05, 0.1) is 29.8 Å². The van der Waals surface area contributed by atoms with Crippen LogP contribution < -0.4 is 5.32 Å². The van der Waals surface area contributed by atoms with Crippen LogP contribution in [0.4, 0.5) is 0 Å². The van der Waals surface area contributed by atoms with Crippen molar-refractivity contribution in [1.29, 1.82) is 0 Å². The zero-order chi connectivity index (χ0) is 14.6. The molecule has 22 heavy (non-hydrogen) atoms. The standard InChI is InChI=1S/C14H23N3O2S.2ClH/c1-11-12(20-10-16-11)8-17(2)13(18)14(9-19-3)4-6-15-7-5-14;;/h10,15H,4-9H2,1-3H3;2*1H. The Balaban J connectivity index is 0.00000220. The minimum absolute atomic E-state index is 0. The van der Waals surface area contributed by atoms with Crippen LogP contribution in [0.15, 0.2) is 5.51 Å². The molecule has 0 aliphatic carbocycles. The average molecular weight is 370 g/mol. The van der Waals surface area contributed by atoms with Crippen molar-refractivity contribution in [2.75, 3.05) is 33.9 Å². The van der Waals surface area contributed by atoms with Gasteiger partial charge in [0, 0.05) is 19.0 Å². The number of carbonyl (C=O) groups excluding carboxylic acids is 1. The highest BCUT2D eigenvalue weighted by Crippen LogP contribution is 2.32. The molecule has 0 atom stereocenters. The van der Waals surface area contributed by atoms with Crippen LogP contribution >= 0.6 is 36.2 Å². The lowest BCUT2D eigenvalue weighted by atomic mass is 9.78. The van der Waals surface area contributed by atoms with E-state index in [0.717, 1.165) is 36.5 Å². The van der Waals surface area contributed by atoms with Crippen LogP contribution in [-0.2, 0) is 16.1 Å². The Labute approximate surface area is 148 Å². The Kier molecular flexibility index (Phi) is 9.50. The predicted octanol–water partition coefficient (Wildman–Crippen LogP) is 2.27. The second-order valence-corrected chi connectivity index (χ2v) is 6.42.